The van der Waals surface area contributed by atoms with Gasteiger partial charge in [0.1, 0.15) is 6.04 Å². The van der Waals surface area contributed by atoms with Crippen molar-refractivity contribution in [3.63, 3.8) is 0 Å². The first kappa shape index (κ1) is 27.0. The number of H-pyrrole nitrogens is 1. The van der Waals surface area contributed by atoms with Gasteiger partial charge < -0.3 is 26.3 Å². The van der Waals surface area contributed by atoms with Crippen molar-refractivity contribution >= 4 is 57.6 Å². The van der Waals surface area contributed by atoms with Crippen molar-refractivity contribution in [2.24, 2.45) is 5.73 Å². The predicted molar refractivity (Wildman–Crippen MR) is 153 cm³/mol. The average molecular weight is 551 g/mol. The number of aromatic amines is 1. The second-order valence-corrected chi connectivity index (χ2v) is 9.61. The molecular formula is C28H28Cl2N6O2. The number of benzene rings is 3. The number of guanidine groups is 1. The summed E-state index contributed by atoms with van der Waals surface area (Å²) in [5.41, 5.74) is 8.61. The third kappa shape index (κ3) is 6.85. The second-order valence-electron chi connectivity index (χ2n) is 8.74. The Balaban J connectivity index is 1.66. The van der Waals surface area contributed by atoms with Gasteiger partial charge in [-0.15, -0.1) is 0 Å². The van der Waals surface area contributed by atoms with Crippen LogP contribution in [0.1, 0.15) is 23.6 Å². The SMILES string of the molecule is N=C(N)NCCC(=O)N(CCc1c[nH]c2ccccc12)C(C(=O)Nc1ccc(Cl)cc1)c1ccc(Cl)cc1. The highest BCUT2D eigenvalue weighted by molar-refractivity contribution is 6.30. The van der Waals surface area contributed by atoms with Gasteiger partial charge >= 0.3 is 0 Å². The maximum atomic E-state index is 13.7. The molecule has 0 saturated carbocycles. The van der Waals surface area contributed by atoms with E-state index in [0.29, 0.717) is 27.7 Å². The summed E-state index contributed by atoms with van der Waals surface area (Å²) in [7, 11) is 0. The van der Waals surface area contributed by atoms with E-state index in [1.807, 2.05) is 30.5 Å². The van der Waals surface area contributed by atoms with Gasteiger partial charge in [0.15, 0.2) is 5.96 Å². The van der Waals surface area contributed by atoms with E-state index in [-0.39, 0.29) is 37.3 Å². The lowest BCUT2D eigenvalue weighted by molar-refractivity contribution is -0.138. The largest absolute Gasteiger partial charge is 0.370 e. The van der Waals surface area contributed by atoms with E-state index in [4.69, 9.17) is 34.3 Å². The topological polar surface area (TPSA) is 127 Å². The van der Waals surface area contributed by atoms with Crippen LogP contribution in [0, 0.1) is 5.41 Å². The van der Waals surface area contributed by atoms with Gasteiger partial charge in [0, 0.05) is 52.3 Å². The Morgan fingerprint density at radius 2 is 1.63 bits per heavy atom. The maximum absolute atomic E-state index is 13.7. The van der Waals surface area contributed by atoms with Gasteiger partial charge in [-0.1, -0.05) is 53.5 Å². The van der Waals surface area contributed by atoms with Crippen LogP contribution in [0.2, 0.25) is 10.0 Å². The first-order chi connectivity index (χ1) is 18.3. The van der Waals surface area contributed by atoms with E-state index in [1.165, 1.54) is 0 Å². The van der Waals surface area contributed by atoms with Gasteiger partial charge in [0.2, 0.25) is 5.91 Å². The zero-order chi connectivity index (χ0) is 27.1. The number of carbonyl (C=O) groups is 2. The standard InChI is InChI=1S/C28H28Cl2N6O2/c29-20-7-5-18(6-8-20)26(27(38)35-22-11-9-21(30)10-12-22)36(25(37)13-15-33-28(31)32)16-14-19-17-34-24-4-2-1-3-23(19)24/h1-12,17,26,34H,13-16H2,(H,35,38)(H4,31,32,33). The second kappa shape index (κ2) is 12.5. The minimum atomic E-state index is -0.932. The smallest absolute Gasteiger partial charge is 0.251 e. The van der Waals surface area contributed by atoms with Crippen molar-refractivity contribution in [1.29, 1.82) is 5.41 Å². The van der Waals surface area contributed by atoms with Crippen LogP contribution in [0.15, 0.2) is 79.0 Å². The van der Waals surface area contributed by atoms with Gasteiger partial charge in [-0.2, -0.15) is 0 Å². The monoisotopic (exact) mass is 550 g/mol. The minimum Gasteiger partial charge on any atom is -0.370 e. The Labute approximate surface area is 230 Å². The summed E-state index contributed by atoms with van der Waals surface area (Å²) in [4.78, 5) is 32.1. The molecule has 0 spiro atoms. The predicted octanol–water partition coefficient (Wildman–Crippen LogP) is 5.10. The summed E-state index contributed by atoms with van der Waals surface area (Å²) in [5.74, 6) is -0.857. The van der Waals surface area contributed by atoms with Crippen molar-refractivity contribution in [3.05, 3.63) is 100 Å². The number of para-hydroxylation sites is 1. The van der Waals surface area contributed by atoms with E-state index in [1.54, 1.807) is 53.4 Å². The number of hydrogen-bond donors (Lipinski definition) is 5. The number of hydrogen-bond acceptors (Lipinski definition) is 3. The Hall–Kier alpha value is -4.01. The third-order valence-electron chi connectivity index (χ3n) is 6.13. The summed E-state index contributed by atoms with van der Waals surface area (Å²) in [6.07, 6.45) is 2.50. The molecular weight excluding hydrogens is 523 g/mol. The molecule has 0 fully saturated rings. The molecule has 0 aliphatic heterocycles. The normalized spacial score (nSPS) is 11.6. The Bertz CT molecular complexity index is 1420. The number of aromatic nitrogens is 1. The number of nitrogens with one attached hydrogen (secondary N) is 4. The number of halogens is 2. The Morgan fingerprint density at radius 3 is 2.32 bits per heavy atom. The highest BCUT2D eigenvalue weighted by Crippen LogP contribution is 2.27. The molecule has 10 heteroatoms. The van der Waals surface area contributed by atoms with Gasteiger partial charge in [0.05, 0.1) is 0 Å². The molecule has 196 valence electrons. The molecule has 1 atom stereocenters. The van der Waals surface area contributed by atoms with Crippen molar-refractivity contribution < 1.29 is 9.59 Å². The van der Waals surface area contributed by atoms with E-state index in [2.05, 4.69) is 15.6 Å². The molecule has 2 amide bonds. The first-order valence-electron chi connectivity index (χ1n) is 12.1. The first-order valence-corrected chi connectivity index (χ1v) is 12.8. The number of carbonyl (C=O) groups excluding carboxylic acids is 2. The van der Waals surface area contributed by atoms with Gasteiger partial charge in [0.25, 0.3) is 5.91 Å². The lowest BCUT2D eigenvalue weighted by Crippen LogP contribution is -2.44. The fourth-order valence-corrected chi connectivity index (χ4v) is 4.54. The highest BCUT2D eigenvalue weighted by Gasteiger charge is 2.31. The summed E-state index contributed by atoms with van der Waals surface area (Å²) in [6, 6.07) is 20.6. The zero-order valence-electron chi connectivity index (χ0n) is 20.5. The number of nitrogens with zero attached hydrogens (tertiary/aromatic N) is 1. The average Bonchev–Trinajstić information content (AvgIpc) is 3.31. The molecule has 3 aromatic carbocycles. The zero-order valence-corrected chi connectivity index (χ0v) is 22.0. The van der Waals surface area contributed by atoms with Crippen molar-refractivity contribution in [2.75, 3.05) is 18.4 Å². The van der Waals surface area contributed by atoms with Crippen LogP contribution in [-0.2, 0) is 16.0 Å². The summed E-state index contributed by atoms with van der Waals surface area (Å²) < 4.78 is 0. The molecule has 6 N–H and O–H groups in total. The molecule has 1 heterocycles. The molecule has 4 aromatic rings. The number of nitrogens with two attached hydrogens (primary N) is 1. The summed E-state index contributed by atoms with van der Waals surface area (Å²) in [6.45, 7) is 0.450. The lowest BCUT2D eigenvalue weighted by atomic mass is 10.0. The van der Waals surface area contributed by atoms with Crippen LogP contribution in [-0.4, -0.2) is 40.7 Å². The van der Waals surface area contributed by atoms with E-state index >= 15 is 0 Å². The fraction of sp³-hybridized carbons (Fsp3) is 0.179. The molecule has 4 rings (SSSR count). The van der Waals surface area contributed by atoms with Crippen LogP contribution in [0.5, 0.6) is 0 Å². The highest BCUT2D eigenvalue weighted by atomic mass is 35.5. The lowest BCUT2D eigenvalue weighted by Gasteiger charge is -2.32. The maximum Gasteiger partial charge on any atom is 0.251 e. The van der Waals surface area contributed by atoms with Crippen molar-refractivity contribution in [2.45, 2.75) is 18.9 Å². The third-order valence-corrected chi connectivity index (χ3v) is 6.63. The summed E-state index contributed by atoms with van der Waals surface area (Å²) >= 11 is 12.1. The Morgan fingerprint density at radius 1 is 0.974 bits per heavy atom. The molecule has 0 aliphatic rings. The number of rotatable bonds is 10. The Kier molecular flexibility index (Phi) is 8.89. The number of amides is 2. The van der Waals surface area contributed by atoms with Crippen LogP contribution in [0.4, 0.5) is 5.69 Å². The van der Waals surface area contributed by atoms with Crippen LogP contribution in [0.25, 0.3) is 10.9 Å². The molecule has 38 heavy (non-hydrogen) atoms. The number of fused-ring (bicyclic) bond motifs is 1. The fourth-order valence-electron chi connectivity index (χ4n) is 4.29. The van der Waals surface area contributed by atoms with Crippen LogP contribution < -0.4 is 16.4 Å². The van der Waals surface area contributed by atoms with Crippen molar-refractivity contribution in [1.82, 2.24) is 15.2 Å². The van der Waals surface area contributed by atoms with Gasteiger partial charge in [-0.05, 0) is 60.0 Å². The molecule has 0 saturated heterocycles. The number of anilines is 1. The van der Waals surface area contributed by atoms with Gasteiger partial charge in [-0.3, -0.25) is 15.0 Å². The molecule has 0 aliphatic carbocycles. The quantitative estimate of drug-likeness (QED) is 0.139. The van der Waals surface area contributed by atoms with E-state index in [0.717, 1.165) is 16.5 Å². The van der Waals surface area contributed by atoms with Crippen molar-refractivity contribution in [3.8, 4) is 0 Å². The van der Waals surface area contributed by atoms with E-state index in [9.17, 15) is 9.59 Å². The molecule has 1 unspecified atom stereocenters. The molecule has 0 radical (unpaired) electrons. The van der Waals surface area contributed by atoms with Crippen LogP contribution >= 0.6 is 23.2 Å². The van der Waals surface area contributed by atoms with Gasteiger partial charge in [-0.25, -0.2) is 0 Å². The summed E-state index contributed by atoms with van der Waals surface area (Å²) in [5, 5.41) is 15.1. The molecule has 1 aromatic heterocycles. The van der Waals surface area contributed by atoms with E-state index < -0.39 is 6.04 Å². The minimum absolute atomic E-state index is 0.0474. The van der Waals surface area contributed by atoms with Crippen LogP contribution in [0.3, 0.4) is 0 Å². The molecule has 0 bridgehead atoms. The molecule has 8 nitrogen and oxygen atoms in total.